The van der Waals surface area contributed by atoms with E-state index in [0.717, 1.165) is 51.0 Å². The van der Waals surface area contributed by atoms with Crippen LogP contribution in [0.1, 0.15) is 90.9 Å². The van der Waals surface area contributed by atoms with Crippen molar-refractivity contribution in [2.45, 2.75) is 103 Å². The number of hydrogen-bond acceptors (Lipinski definition) is 3. The number of carbonyl (C=O) groups excluding carboxylic acids is 1. The van der Waals surface area contributed by atoms with Gasteiger partial charge in [0.05, 0.1) is 12.0 Å². The molecule has 2 aliphatic rings. The Balaban J connectivity index is 1.61. The Morgan fingerprint density at radius 1 is 0.870 bits per heavy atom. The van der Waals surface area contributed by atoms with Crippen molar-refractivity contribution in [2.24, 2.45) is 11.8 Å². The second-order valence-electron chi connectivity index (χ2n) is 7.50. The molecular formula is C20H36O3. The molecule has 2 saturated carbocycles. The molecule has 0 amide bonds. The SMILES string of the molecule is CCCCCC1CCC(OC(=O)C2CCC(OCC)CC2)CC1. The summed E-state index contributed by atoms with van der Waals surface area (Å²) in [5.41, 5.74) is 0. The number of rotatable bonds is 8. The smallest absolute Gasteiger partial charge is 0.309 e. The zero-order chi connectivity index (χ0) is 16.5. The lowest BCUT2D eigenvalue weighted by Crippen LogP contribution is -2.31. The second kappa shape index (κ2) is 10.3. The number of ether oxygens (including phenoxy) is 2. The van der Waals surface area contributed by atoms with Gasteiger partial charge < -0.3 is 9.47 Å². The zero-order valence-corrected chi connectivity index (χ0v) is 15.2. The molecule has 23 heavy (non-hydrogen) atoms. The molecule has 0 aromatic carbocycles. The van der Waals surface area contributed by atoms with Crippen LogP contribution in [0.25, 0.3) is 0 Å². The van der Waals surface area contributed by atoms with Gasteiger partial charge in [0.15, 0.2) is 0 Å². The summed E-state index contributed by atoms with van der Waals surface area (Å²) in [4.78, 5) is 12.4. The number of carbonyl (C=O) groups is 1. The number of hydrogen-bond donors (Lipinski definition) is 0. The predicted octanol–water partition coefficient (Wildman–Crippen LogP) is 5.26. The minimum Gasteiger partial charge on any atom is -0.462 e. The molecule has 134 valence electrons. The van der Waals surface area contributed by atoms with Gasteiger partial charge in [-0.3, -0.25) is 4.79 Å². The summed E-state index contributed by atoms with van der Waals surface area (Å²) in [5, 5.41) is 0. The molecule has 3 nitrogen and oxygen atoms in total. The molecule has 0 spiro atoms. The maximum absolute atomic E-state index is 12.4. The molecule has 2 rings (SSSR count). The Morgan fingerprint density at radius 2 is 1.52 bits per heavy atom. The van der Waals surface area contributed by atoms with Gasteiger partial charge in [-0.1, -0.05) is 32.6 Å². The van der Waals surface area contributed by atoms with Crippen LogP contribution < -0.4 is 0 Å². The first kappa shape index (κ1) is 18.8. The van der Waals surface area contributed by atoms with Crippen molar-refractivity contribution in [3.8, 4) is 0 Å². The van der Waals surface area contributed by atoms with Crippen LogP contribution in [0, 0.1) is 11.8 Å². The molecule has 2 aliphatic carbocycles. The van der Waals surface area contributed by atoms with E-state index in [1.165, 1.54) is 38.5 Å². The van der Waals surface area contributed by atoms with E-state index in [1.54, 1.807) is 0 Å². The van der Waals surface area contributed by atoms with Crippen molar-refractivity contribution in [1.82, 2.24) is 0 Å². The summed E-state index contributed by atoms with van der Waals surface area (Å²) in [6.45, 7) is 5.08. The molecule has 0 unspecified atom stereocenters. The van der Waals surface area contributed by atoms with Crippen molar-refractivity contribution in [2.75, 3.05) is 6.61 Å². The van der Waals surface area contributed by atoms with Crippen LogP contribution >= 0.6 is 0 Å². The van der Waals surface area contributed by atoms with Crippen LogP contribution in [-0.4, -0.2) is 24.8 Å². The second-order valence-corrected chi connectivity index (χ2v) is 7.50. The summed E-state index contributed by atoms with van der Waals surface area (Å²) in [6.07, 6.45) is 14.5. The minimum atomic E-state index is 0.0642. The maximum atomic E-state index is 12.4. The van der Waals surface area contributed by atoms with Gasteiger partial charge in [0, 0.05) is 6.61 Å². The maximum Gasteiger partial charge on any atom is 0.309 e. The molecule has 0 aliphatic heterocycles. The van der Waals surface area contributed by atoms with Crippen molar-refractivity contribution < 1.29 is 14.3 Å². The van der Waals surface area contributed by atoms with Gasteiger partial charge in [-0.25, -0.2) is 0 Å². The van der Waals surface area contributed by atoms with Crippen molar-refractivity contribution in [3.63, 3.8) is 0 Å². The van der Waals surface area contributed by atoms with Gasteiger partial charge >= 0.3 is 5.97 Å². The lowest BCUT2D eigenvalue weighted by Gasteiger charge is -2.31. The highest BCUT2D eigenvalue weighted by atomic mass is 16.5. The standard InChI is InChI=1S/C20H36O3/c1-3-5-6-7-16-8-12-19(13-9-16)23-20(21)17-10-14-18(15-11-17)22-4-2/h16-19H,3-15H2,1-2H3. The molecule has 0 bridgehead atoms. The molecule has 0 aromatic heterocycles. The van der Waals surface area contributed by atoms with Crippen LogP contribution in [0.3, 0.4) is 0 Å². The van der Waals surface area contributed by atoms with Crippen LogP contribution in [0.4, 0.5) is 0 Å². The van der Waals surface area contributed by atoms with Crippen molar-refractivity contribution in [3.05, 3.63) is 0 Å². The third-order valence-electron chi connectivity index (χ3n) is 5.70. The molecule has 0 saturated heterocycles. The van der Waals surface area contributed by atoms with Crippen LogP contribution in [0.2, 0.25) is 0 Å². The van der Waals surface area contributed by atoms with Gasteiger partial charge in [0.25, 0.3) is 0 Å². The van der Waals surface area contributed by atoms with E-state index in [2.05, 4.69) is 6.92 Å². The van der Waals surface area contributed by atoms with Crippen LogP contribution in [-0.2, 0) is 14.3 Å². The average molecular weight is 325 g/mol. The number of unbranched alkanes of at least 4 members (excludes halogenated alkanes) is 2. The summed E-state index contributed by atoms with van der Waals surface area (Å²) >= 11 is 0. The highest BCUT2D eigenvalue weighted by Gasteiger charge is 2.30. The van der Waals surface area contributed by atoms with E-state index in [0.29, 0.717) is 6.10 Å². The topological polar surface area (TPSA) is 35.5 Å². The Labute approximate surface area is 142 Å². The summed E-state index contributed by atoms with van der Waals surface area (Å²) < 4.78 is 11.5. The van der Waals surface area contributed by atoms with Gasteiger partial charge in [0.1, 0.15) is 6.10 Å². The Kier molecular flexibility index (Phi) is 8.43. The normalized spacial score (nSPS) is 31.7. The van der Waals surface area contributed by atoms with Gasteiger partial charge in [-0.15, -0.1) is 0 Å². The van der Waals surface area contributed by atoms with E-state index in [1.807, 2.05) is 6.92 Å². The van der Waals surface area contributed by atoms with E-state index in [-0.39, 0.29) is 18.0 Å². The fraction of sp³-hybridized carbons (Fsp3) is 0.950. The highest BCUT2D eigenvalue weighted by Crippen LogP contribution is 2.32. The molecule has 0 aromatic rings. The molecule has 0 heterocycles. The third-order valence-corrected chi connectivity index (χ3v) is 5.70. The minimum absolute atomic E-state index is 0.0642. The molecular weight excluding hydrogens is 288 g/mol. The van der Waals surface area contributed by atoms with Crippen molar-refractivity contribution >= 4 is 5.97 Å². The van der Waals surface area contributed by atoms with Crippen LogP contribution in [0.15, 0.2) is 0 Å². The largest absolute Gasteiger partial charge is 0.462 e. The van der Waals surface area contributed by atoms with Gasteiger partial charge in [-0.05, 0) is 64.2 Å². The summed E-state index contributed by atoms with van der Waals surface area (Å²) in [7, 11) is 0. The highest BCUT2D eigenvalue weighted by molar-refractivity contribution is 5.72. The first-order chi connectivity index (χ1) is 11.2. The molecule has 0 atom stereocenters. The Morgan fingerprint density at radius 3 is 2.13 bits per heavy atom. The monoisotopic (exact) mass is 324 g/mol. The quantitative estimate of drug-likeness (QED) is 0.451. The van der Waals surface area contributed by atoms with Crippen LogP contribution in [0.5, 0.6) is 0 Å². The van der Waals surface area contributed by atoms with E-state index in [9.17, 15) is 4.79 Å². The van der Waals surface area contributed by atoms with E-state index in [4.69, 9.17) is 9.47 Å². The lowest BCUT2D eigenvalue weighted by atomic mass is 9.83. The van der Waals surface area contributed by atoms with E-state index >= 15 is 0 Å². The lowest BCUT2D eigenvalue weighted by molar-refractivity contribution is -0.158. The number of esters is 1. The predicted molar refractivity (Wildman–Crippen MR) is 93.4 cm³/mol. The van der Waals surface area contributed by atoms with Crippen molar-refractivity contribution in [1.29, 1.82) is 0 Å². The summed E-state index contributed by atoms with van der Waals surface area (Å²) in [5.74, 6) is 1.06. The molecule has 0 radical (unpaired) electrons. The first-order valence-corrected chi connectivity index (χ1v) is 10.0. The zero-order valence-electron chi connectivity index (χ0n) is 15.2. The Bertz CT molecular complexity index is 326. The van der Waals surface area contributed by atoms with Gasteiger partial charge in [-0.2, -0.15) is 0 Å². The summed E-state index contributed by atoms with van der Waals surface area (Å²) in [6, 6.07) is 0. The molecule has 3 heteroatoms. The average Bonchev–Trinajstić information content (AvgIpc) is 2.57. The fourth-order valence-electron chi connectivity index (χ4n) is 4.18. The first-order valence-electron chi connectivity index (χ1n) is 10.0. The fourth-order valence-corrected chi connectivity index (χ4v) is 4.18. The Hall–Kier alpha value is -0.570. The van der Waals surface area contributed by atoms with Gasteiger partial charge in [0.2, 0.25) is 0 Å². The molecule has 0 N–H and O–H groups in total. The molecule has 2 fully saturated rings. The third kappa shape index (κ3) is 6.45. The van der Waals surface area contributed by atoms with E-state index < -0.39 is 0 Å².